The minimum Gasteiger partial charge on any atom is -0.239 e. The van der Waals surface area contributed by atoms with Crippen LogP contribution in [-0.2, 0) is 6.54 Å². The normalized spacial score (nSPS) is 14.5. The lowest BCUT2D eigenvalue weighted by Crippen LogP contribution is -2.19. The Labute approximate surface area is 138 Å². The molecule has 0 saturated heterocycles. The van der Waals surface area contributed by atoms with Gasteiger partial charge in [0.25, 0.3) is 0 Å². The van der Waals surface area contributed by atoms with Crippen molar-refractivity contribution in [2.45, 2.75) is 30.3 Å². The van der Waals surface area contributed by atoms with Gasteiger partial charge in [0, 0.05) is 12.6 Å². The molecule has 0 amide bonds. The van der Waals surface area contributed by atoms with E-state index in [0.29, 0.717) is 17.5 Å². The summed E-state index contributed by atoms with van der Waals surface area (Å²) >= 11 is 0.464. The highest BCUT2D eigenvalue weighted by Gasteiger charge is 2.34. The summed E-state index contributed by atoms with van der Waals surface area (Å²) in [6.45, 7) is 0.118. The van der Waals surface area contributed by atoms with Crippen LogP contribution < -0.4 is 0 Å². The highest BCUT2D eigenvalue weighted by Crippen LogP contribution is 2.40. The van der Waals surface area contributed by atoms with Gasteiger partial charge in [-0.3, -0.25) is 0 Å². The van der Waals surface area contributed by atoms with Gasteiger partial charge in [-0.25, -0.2) is 30.6 Å². The number of hydrogen-bond donors (Lipinski definition) is 0. The van der Waals surface area contributed by atoms with Crippen molar-refractivity contribution in [3.63, 3.8) is 0 Å². The monoisotopic (exact) mass is 363 g/mol. The molecule has 0 N–H and O–H groups in total. The van der Waals surface area contributed by atoms with Crippen LogP contribution in [0.25, 0.3) is 0 Å². The van der Waals surface area contributed by atoms with Gasteiger partial charge in [0.15, 0.2) is 23.3 Å². The van der Waals surface area contributed by atoms with E-state index in [2.05, 4.69) is 0 Å². The third-order valence-electron chi connectivity index (χ3n) is 3.56. The fourth-order valence-electron chi connectivity index (χ4n) is 2.20. The molecular formula is C16H11F6NS. The van der Waals surface area contributed by atoms with E-state index in [1.807, 2.05) is 0 Å². The molecule has 128 valence electrons. The standard InChI is InChI=1S/C16H11F6NS/c17-9-3-1-2-8(6-9)7-23(10-4-5-10)24-16-14(21)12(19)11(18)13(20)15(16)22/h1-3,6,10H,4-5,7H2. The van der Waals surface area contributed by atoms with Crippen molar-refractivity contribution in [2.75, 3.05) is 0 Å². The zero-order chi connectivity index (χ0) is 17.4. The number of halogens is 6. The number of hydrogen-bond acceptors (Lipinski definition) is 2. The summed E-state index contributed by atoms with van der Waals surface area (Å²) in [6, 6.07) is 5.56. The average Bonchev–Trinajstić information content (AvgIpc) is 3.39. The predicted molar refractivity (Wildman–Crippen MR) is 77.1 cm³/mol. The molecule has 1 saturated carbocycles. The number of nitrogens with zero attached hydrogens (tertiary/aromatic N) is 1. The van der Waals surface area contributed by atoms with Crippen LogP contribution in [0.4, 0.5) is 26.3 Å². The molecule has 24 heavy (non-hydrogen) atoms. The molecule has 2 aromatic carbocycles. The van der Waals surface area contributed by atoms with Crippen molar-refractivity contribution in [2.24, 2.45) is 0 Å². The van der Waals surface area contributed by atoms with E-state index < -0.39 is 39.8 Å². The summed E-state index contributed by atoms with van der Waals surface area (Å²) < 4.78 is 82.1. The van der Waals surface area contributed by atoms with Gasteiger partial charge in [-0.2, -0.15) is 0 Å². The van der Waals surface area contributed by atoms with E-state index in [4.69, 9.17) is 0 Å². The average molecular weight is 363 g/mol. The predicted octanol–water partition coefficient (Wildman–Crippen LogP) is 5.19. The number of rotatable bonds is 5. The van der Waals surface area contributed by atoms with Crippen LogP contribution in [0.1, 0.15) is 18.4 Å². The van der Waals surface area contributed by atoms with Crippen molar-refractivity contribution >= 4 is 11.9 Å². The van der Waals surface area contributed by atoms with E-state index in [1.54, 1.807) is 6.07 Å². The summed E-state index contributed by atoms with van der Waals surface area (Å²) in [5, 5.41) is 0. The second-order valence-corrected chi connectivity index (χ2v) is 6.49. The molecule has 0 aliphatic heterocycles. The Morgan fingerprint density at radius 2 is 1.46 bits per heavy atom. The fourth-order valence-corrected chi connectivity index (χ4v) is 3.34. The van der Waals surface area contributed by atoms with Gasteiger partial charge in [0.05, 0.1) is 0 Å². The molecular weight excluding hydrogens is 352 g/mol. The molecule has 2 aromatic rings. The summed E-state index contributed by atoms with van der Waals surface area (Å²) in [6.07, 6.45) is 1.47. The Morgan fingerprint density at radius 3 is 2.00 bits per heavy atom. The van der Waals surface area contributed by atoms with E-state index in [0.717, 1.165) is 12.8 Å². The molecule has 0 atom stereocenters. The Balaban J connectivity index is 1.90. The Hall–Kier alpha value is -1.67. The summed E-state index contributed by atoms with van der Waals surface area (Å²) in [4.78, 5) is -0.949. The second-order valence-electron chi connectivity index (χ2n) is 5.43. The summed E-state index contributed by atoms with van der Waals surface area (Å²) in [5.41, 5.74) is 0.540. The maximum Gasteiger partial charge on any atom is 0.200 e. The second kappa shape index (κ2) is 6.68. The third-order valence-corrected chi connectivity index (χ3v) is 4.76. The molecule has 0 spiro atoms. The maximum absolute atomic E-state index is 13.8. The lowest BCUT2D eigenvalue weighted by atomic mass is 10.2. The molecule has 1 aliphatic carbocycles. The molecule has 1 aliphatic rings. The molecule has 0 aromatic heterocycles. The molecule has 1 nitrogen and oxygen atoms in total. The SMILES string of the molecule is Fc1cccc(CN(Sc2c(F)c(F)c(F)c(F)c2F)C2CC2)c1. The van der Waals surface area contributed by atoms with E-state index in [1.165, 1.54) is 22.5 Å². The largest absolute Gasteiger partial charge is 0.239 e. The van der Waals surface area contributed by atoms with Gasteiger partial charge in [-0.1, -0.05) is 12.1 Å². The van der Waals surface area contributed by atoms with Crippen molar-refractivity contribution in [3.8, 4) is 0 Å². The first-order valence-electron chi connectivity index (χ1n) is 7.09. The first-order valence-corrected chi connectivity index (χ1v) is 7.86. The molecule has 8 heteroatoms. The Kier molecular flexibility index (Phi) is 4.78. The van der Waals surface area contributed by atoms with Crippen LogP contribution in [0.3, 0.4) is 0 Å². The fraction of sp³-hybridized carbons (Fsp3) is 0.250. The van der Waals surface area contributed by atoms with E-state index in [-0.39, 0.29) is 12.6 Å². The summed E-state index contributed by atoms with van der Waals surface area (Å²) in [5.74, 6) is -10.3. The molecule has 1 fully saturated rings. The van der Waals surface area contributed by atoms with Gasteiger partial charge in [0.1, 0.15) is 10.7 Å². The van der Waals surface area contributed by atoms with Crippen LogP contribution in [0.15, 0.2) is 29.2 Å². The molecule has 0 bridgehead atoms. The Morgan fingerprint density at radius 1 is 0.875 bits per heavy atom. The van der Waals surface area contributed by atoms with Gasteiger partial charge in [0.2, 0.25) is 5.82 Å². The first kappa shape index (κ1) is 17.2. The molecule has 3 rings (SSSR count). The number of benzene rings is 2. The molecule has 0 radical (unpaired) electrons. The first-order chi connectivity index (χ1) is 11.4. The lowest BCUT2D eigenvalue weighted by Gasteiger charge is -2.21. The van der Waals surface area contributed by atoms with Gasteiger partial charge >= 0.3 is 0 Å². The van der Waals surface area contributed by atoms with E-state index in [9.17, 15) is 26.3 Å². The van der Waals surface area contributed by atoms with Gasteiger partial charge in [-0.05, 0) is 42.5 Å². The highest BCUT2D eigenvalue weighted by molar-refractivity contribution is 7.97. The van der Waals surface area contributed by atoms with Crippen LogP contribution in [0, 0.1) is 34.9 Å². The van der Waals surface area contributed by atoms with E-state index >= 15 is 0 Å². The van der Waals surface area contributed by atoms with Crippen molar-refractivity contribution in [3.05, 3.63) is 64.7 Å². The topological polar surface area (TPSA) is 3.24 Å². The maximum atomic E-state index is 13.8. The Bertz CT molecular complexity index is 748. The van der Waals surface area contributed by atoms with Crippen LogP contribution in [0.2, 0.25) is 0 Å². The van der Waals surface area contributed by atoms with Crippen molar-refractivity contribution < 1.29 is 26.3 Å². The minimum atomic E-state index is -2.18. The van der Waals surface area contributed by atoms with Crippen LogP contribution in [-0.4, -0.2) is 10.3 Å². The van der Waals surface area contributed by atoms with Gasteiger partial charge in [-0.15, -0.1) is 0 Å². The smallest absolute Gasteiger partial charge is 0.200 e. The van der Waals surface area contributed by atoms with Crippen molar-refractivity contribution in [1.82, 2.24) is 4.31 Å². The molecule has 0 heterocycles. The zero-order valence-corrected chi connectivity index (χ0v) is 12.9. The van der Waals surface area contributed by atoms with Gasteiger partial charge < -0.3 is 0 Å². The summed E-state index contributed by atoms with van der Waals surface area (Å²) in [7, 11) is 0. The minimum absolute atomic E-state index is 0.0618. The van der Waals surface area contributed by atoms with Crippen LogP contribution in [0.5, 0.6) is 0 Å². The molecule has 0 unspecified atom stereocenters. The van der Waals surface area contributed by atoms with Crippen molar-refractivity contribution in [1.29, 1.82) is 0 Å². The third kappa shape index (κ3) is 3.39. The van der Waals surface area contributed by atoms with Crippen LogP contribution >= 0.6 is 11.9 Å². The quantitative estimate of drug-likeness (QED) is 0.311. The lowest BCUT2D eigenvalue weighted by molar-refractivity contribution is 0.358. The zero-order valence-electron chi connectivity index (χ0n) is 12.1. The highest BCUT2D eigenvalue weighted by atomic mass is 32.2.